The molecule has 8 heteroatoms. The Hall–Kier alpha value is -2.71. The molecule has 1 aliphatic heterocycles. The van der Waals surface area contributed by atoms with Gasteiger partial charge in [0.05, 0.1) is 30.0 Å². The topological polar surface area (TPSA) is 90.7 Å². The first-order valence-corrected chi connectivity index (χ1v) is 11.1. The van der Waals surface area contributed by atoms with Gasteiger partial charge in [0.1, 0.15) is 0 Å². The lowest BCUT2D eigenvalue weighted by Gasteiger charge is -2.33. The summed E-state index contributed by atoms with van der Waals surface area (Å²) in [6, 6.07) is 9.43. The van der Waals surface area contributed by atoms with Crippen molar-refractivity contribution in [2.75, 3.05) is 38.0 Å². The number of amides is 2. The van der Waals surface area contributed by atoms with E-state index in [9.17, 15) is 9.59 Å². The molecule has 2 amide bonds. The summed E-state index contributed by atoms with van der Waals surface area (Å²) < 4.78 is 5.29. The van der Waals surface area contributed by atoms with Crippen LogP contribution in [0.2, 0.25) is 0 Å². The van der Waals surface area contributed by atoms with Gasteiger partial charge in [0.2, 0.25) is 5.91 Å². The molecular formula is C23H31N5O3. The molecule has 1 aliphatic carbocycles. The van der Waals surface area contributed by atoms with Gasteiger partial charge in [-0.3, -0.25) is 19.4 Å². The summed E-state index contributed by atoms with van der Waals surface area (Å²) in [7, 11) is 0. The number of nitrogens with zero attached hydrogens (tertiary/aromatic N) is 3. The summed E-state index contributed by atoms with van der Waals surface area (Å²) in [4.78, 5) is 29.8. The van der Waals surface area contributed by atoms with Crippen LogP contribution in [0.4, 0.5) is 5.69 Å². The number of aromatic nitrogens is 1. The zero-order valence-corrected chi connectivity index (χ0v) is 18.1. The molecule has 0 spiro atoms. The lowest BCUT2D eigenvalue weighted by molar-refractivity contribution is -0.117. The maximum Gasteiger partial charge on any atom is 0.253 e. The maximum absolute atomic E-state index is 12.7. The number of carbonyl (C=O) groups excluding carboxylic acids is 2. The van der Waals surface area contributed by atoms with Crippen molar-refractivity contribution in [3.05, 3.63) is 47.3 Å². The summed E-state index contributed by atoms with van der Waals surface area (Å²) in [6.07, 6.45) is 4.38. The first-order chi connectivity index (χ1) is 15.1. The van der Waals surface area contributed by atoms with E-state index in [-0.39, 0.29) is 17.9 Å². The van der Waals surface area contributed by atoms with Gasteiger partial charge >= 0.3 is 0 Å². The molecule has 0 bridgehead atoms. The van der Waals surface area contributed by atoms with Crippen LogP contribution in [-0.2, 0) is 11.3 Å². The lowest BCUT2D eigenvalue weighted by atomic mass is 10.1. The minimum absolute atomic E-state index is 0.0968. The van der Waals surface area contributed by atoms with E-state index in [0.717, 1.165) is 69.9 Å². The number of benzene rings is 1. The quantitative estimate of drug-likeness (QED) is 0.708. The van der Waals surface area contributed by atoms with Crippen molar-refractivity contribution in [2.24, 2.45) is 0 Å². The van der Waals surface area contributed by atoms with Crippen LogP contribution in [0.25, 0.3) is 0 Å². The van der Waals surface area contributed by atoms with Gasteiger partial charge in [0.25, 0.3) is 5.91 Å². The fourth-order valence-electron chi connectivity index (χ4n) is 4.33. The second kappa shape index (κ2) is 10.1. The van der Waals surface area contributed by atoms with Crippen molar-refractivity contribution >= 4 is 17.5 Å². The van der Waals surface area contributed by atoms with Crippen LogP contribution in [-0.4, -0.2) is 65.5 Å². The molecule has 0 unspecified atom stereocenters. The van der Waals surface area contributed by atoms with Crippen LogP contribution in [0, 0.1) is 6.92 Å². The van der Waals surface area contributed by atoms with E-state index in [1.165, 1.54) is 0 Å². The number of anilines is 1. The molecule has 0 radical (unpaired) electrons. The largest absolute Gasteiger partial charge is 0.360 e. The summed E-state index contributed by atoms with van der Waals surface area (Å²) in [5, 5.41) is 9.97. The van der Waals surface area contributed by atoms with Crippen LogP contribution in [0.15, 0.2) is 34.9 Å². The fourth-order valence-corrected chi connectivity index (χ4v) is 4.33. The highest BCUT2D eigenvalue weighted by Crippen LogP contribution is 2.20. The van der Waals surface area contributed by atoms with Crippen molar-refractivity contribution in [1.29, 1.82) is 0 Å². The lowest BCUT2D eigenvalue weighted by Crippen LogP contribution is -2.48. The zero-order chi connectivity index (χ0) is 21.6. The van der Waals surface area contributed by atoms with E-state index in [2.05, 4.69) is 25.6 Å². The molecule has 1 aromatic carbocycles. The molecule has 8 nitrogen and oxygen atoms in total. The van der Waals surface area contributed by atoms with Gasteiger partial charge in [-0.15, -0.1) is 0 Å². The molecule has 1 saturated carbocycles. The average Bonchev–Trinajstić information content (AvgIpc) is 3.41. The minimum Gasteiger partial charge on any atom is -0.360 e. The summed E-state index contributed by atoms with van der Waals surface area (Å²) in [6.45, 7) is 6.33. The summed E-state index contributed by atoms with van der Waals surface area (Å²) >= 11 is 0. The summed E-state index contributed by atoms with van der Waals surface area (Å²) in [5.41, 5.74) is 1.99. The monoisotopic (exact) mass is 425 g/mol. The second-order valence-electron chi connectivity index (χ2n) is 8.54. The fraction of sp³-hybridized carbons (Fsp3) is 0.522. The molecule has 2 N–H and O–H groups in total. The van der Waals surface area contributed by atoms with Crippen LogP contribution in [0.3, 0.4) is 0 Å². The molecule has 2 aromatic rings. The average molecular weight is 426 g/mol. The normalized spacial score (nSPS) is 18.2. The van der Waals surface area contributed by atoms with E-state index in [1.54, 1.807) is 12.1 Å². The number of carbonyl (C=O) groups is 2. The molecule has 2 heterocycles. The Morgan fingerprint density at radius 2 is 1.81 bits per heavy atom. The second-order valence-corrected chi connectivity index (χ2v) is 8.54. The SMILES string of the molecule is Cc1cc(CN2CCN(CC(=O)Nc3ccccc3C(=O)NC3CCCC3)CC2)on1. The highest BCUT2D eigenvalue weighted by molar-refractivity contribution is 6.04. The molecule has 2 aliphatic rings. The summed E-state index contributed by atoms with van der Waals surface area (Å²) in [5.74, 6) is 0.663. The van der Waals surface area contributed by atoms with Crippen LogP contribution in [0.1, 0.15) is 47.5 Å². The molecule has 4 rings (SSSR count). The van der Waals surface area contributed by atoms with Crippen molar-refractivity contribution < 1.29 is 14.1 Å². The Bertz CT molecular complexity index is 898. The highest BCUT2D eigenvalue weighted by atomic mass is 16.5. The van der Waals surface area contributed by atoms with Gasteiger partial charge in [-0.05, 0) is 31.9 Å². The Morgan fingerprint density at radius 3 is 2.52 bits per heavy atom. The number of hydrogen-bond donors (Lipinski definition) is 2. The maximum atomic E-state index is 12.7. The number of piperazine rings is 1. The Labute approximate surface area is 182 Å². The molecule has 31 heavy (non-hydrogen) atoms. The predicted octanol–water partition coefficient (Wildman–Crippen LogP) is 2.41. The third-order valence-electron chi connectivity index (χ3n) is 6.02. The van der Waals surface area contributed by atoms with Gasteiger partial charge in [-0.25, -0.2) is 0 Å². The smallest absolute Gasteiger partial charge is 0.253 e. The molecule has 1 saturated heterocycles. The van der Waals surface area contributed by atoms with E-state index >= 15 is 0 Å². The van der Waals surface area contributed by atoms with Gasteiger partial charge in [-0.2, -0.15) is 0 Å². The molecule has 2 fully saturated rings. The van der Waals surface area contributed by atoms with E-state index in [0.29, 0.717) is 17.8 Å². The Kier molecular flexibility index (Phi) is 6.99. The Morgan fingerprint density at radius 1 is 1.10 bits per heavy atom. The first-order valence-electron chi connectivity index (χ1n) is 11.1. The van der Waals surface area contributed by atoms with E-state index in [4.69, 9.17) is 4.52 Å². The van der Waals surface area contributed by atoms with Gasteiger partial charge < -0.3 is 15.2 Å². The van der Waals surface area contributed by atoms with E-state index < -0.39 is 0 Å². The van der Waals surface area contributed by atoms with Crippen LogP contribution >= 0.6 is 0 Å². The molecule has 166 valence electrons. The molecular weight excluding hydrogens is 394 g/mol. The van der Waals surface area contributed by atoms with Gasteiger partial charge in [0, 0.05) is 38.3 Å². The van der Waals surface area contributed by atoms with Crippen molar-refractivity contribution in [2.45, 2.75) is 45.2 Å². The Balaban J connectivity index is 1.26. The van der Waals surface area contributed by atoms with Gasteiger partial charge in [-0.1, -0.05) is 30.1 Å². The first kappa shape index (κ1) is 21.5. The van der Waals surface area contributed by atoms with E-state index in [1.807, 2.05) is 25.1 Å². The zero-order valence-electron chi connectivity index (χ0n) is 18.1. The highest BCUT2D eigenvalue weighted by Gasteiger charge is 2.22. The predicted molar refractivity (Wildman–Crippen MR) is 118 cm³/mol. The third-order valence-corrected chi connectivity index (χ3v) is 6.02. The van der Waals surface area contributed by atoms with Crippen molar-refractivity contribution in [3.8, 4) is 0 Å². The molecule has 1 aromatic heterocycles. The van der Waals surface area contributed by atoms with Gasteiger partial charge in [0.15, 0.2) is 5.76 Å². The van der Waals surface area contributed by atoms with Crippen LogP contribution in [0.5, 0.6) is 0 Å². The number of aryl methyl sites for hydroxylation is 1. The van der Waals surface area contributed by atoms with Crippen molar-refractivity contribution in [1.82, 2.24) is 20.3 Å². The van der Waals surface area contributed by atoms with Crippen LogP contribution < -0.4 is 10.6 Å². The standard InChI is InChI=1S/C23H31N5O3/c1-17-14-19(31-26-17)15-27-10-12-28(13-11-27)16-22(29)25-21-9-5-4-8-20(21)23(30)24-18-6-2-3-7-18/h4-5,8-9,14,18H,2-3,6-7,10-13,15-16H2,1H3,(H,24,30)(H,25,29). The minimum atomic E-state index is -0.112. The number of para-hydroxylation sites is 1. The number of rotatable bonds is 7. The molecule has 0 atom stereocenters. The third kappa shape index (κ3) is 5.92. The number of hydrogen-bond acceptors (Lipinski definition) is 6. The number of nitrogens with one attached hydrogen (secondary N) is 2. The van der Waals surface area contributed by atoms with Crippen molar-refractivity contribution in [3.63, 3.8) is 0 Å².